The fourth-order valence-corrected chi connectivity index (χ4v) is 2.02. The SMILES string of the molecule is C[C@H](Nc1ccc(I)cc1)C(=O)Nc1ccccc1F. The van der Waals surface area contributed by atoms with E-state index in [2.05, 4.69) is 33.2 Å². The van der Waals surface area contributed by atoms with Crippen LogP contribution in [-0.2, 0) is 4.79 Å². The summed E-state index contributed by atoms with van der Waals surface area (Å²) in [4.78, 5) is 12.0. The molecule has 0 radical (unpaired) electrons. The highest BCUT2D eigenvalue weighted by Gasteiger charge is 2.14. The van der Waals surface area contributed by atoms with Crippen LogP contribution >= 0.6 is 22.6 Å². The summed E-state index contributed by atoms with van der Waals surface area (Å²) in [5, 5.41) is 5.63. The van der Waals surface area contributed by atoms with Gasteiger partial charge in [-0.2, -0.15) is 0 Å². The van der Waals surface area contributed by atoms with Gasteiger partial charge in [0.25, 0.3) is 0 Å². The summed E-state index contributed by atoms with van der Waals surface area (Å²) in [6.07, 6.45) is 0. The maximum absolute atomic E-state index is 13.4. The zero-order chi connectivity index (χ0) is 14.5. The zero-order valence-electron chi connectivity index (χ0n) is 10.9. The number of halogens is 2. The Kier molecular flexibility index (Phi) is 4.94. The molecular weight excluding hydrogens is 370 g/mol. The van der Waals surface area contributed by atoms with Crippen molar-refractivity contribution in [3.8, 4) is 0 Å². The molecule has 0 aromatic heterocycles. The highest BCUT2D eigenvalue weighted by Crippen LogP contribution is 2.15. The third-order valence-electron chi connectivity index (χ3n) is 2.75. The lowest BCUT2D eigenvalue weighted by Gasteiger charge is -2.15. The van der Waals surface area contributed by atoms with Gasteiger partial charge in [0.15, 0.2) is 0 Å². The van der Waals surface area contributed by atoms with E-state index < -0.39 is 11.9 Å². The Balaban J connectivity index is 1.99. The molecule has 0 aliphatic carbocycles. The zero-order valence-corrected chi connectivity index (χ0v) is 13.0. The molecule has 1 amide bonds. The standard InChI is InChI=1S/C15H14FIN2O/c1-10(18-12-8-6-11(17)7-9-12)15(20)19-14-5-3-2-4-13(14)16/h2-10,18H,1H3,(H,19,20)/t10-/m0/s1. The molecule has 20 heavy (non-hydrogen) atoms. The molecule has 2 N–H and O–H groups in total. The molecule has 0 fully saturated rings. The average molecular weight is 384 g/mol. The fraction of sp³-hybridized carbons (Fsp3) is 0.133. The summed E-state index contributed by atoms with van der Waals surface area (Å²) in [6.45, 7) is 1.73. The third kappa shape index (κ3) is 3.93. The summed E-state index contributed by atoms with van der Waals surface area (Å²) in [5.41, 5.74) is 1.04. The van der Waals surface area contributed by atoms with E-state index in [1.54, 1.807) is 19.1 Å². The number of hydrogen-bond acceptors (Lipinski definition) is 2. The van der Waals surface area contributed by atoms with Crippen LogP contribution in [0.25, 0.3) is 0 Å². The molecule has 0 bridgehead atoms. The first-order valence-electron chi connectivity index (χ1n) is 6.14. The Hall–Kier alpha value is -1.63. The van der Waals surface area contributed by atoms with Crippen LogP contribution in [0, 0.1) is 9.39 Å². The predicted molar refractivity (Wildman–Crippen MR) is 87.3 cm³/mol. The molecule has 0 unspecified atom stereocenters. The van der Waals surface area contributed by atoms with Crippen LogP contribution in [0.5, 0.6) is 0 Å². The first-order valence-corrected chi connectivity index (χ1v) is 7.21. The lowest BCUT2D eigenvalue weighted by atomic mass is 10.2. The van der Waals surface area contributed by atoms with E-state index in [-0.39, 0.29) is 11.6 Å². The van der Waals surface area contributed by atoms with Crippen LogP contribution in [0.15, 0.2) is 48.5 Å². The molecule has 0 saturated heterocycles. The second-order valence-corrected chi connectivity index (χ2v) is 5.59. The normalized spacial score (nSPS) is 11.8. The molecule has 0 heterocycles. The number of nitrogens with one attached hydrogen (secondary N) is 2. The lowest BCUT2D eigenvalue weighted by molar-refractivity contribution is -0.116. The van der Waals surface area contributed by atoms with Crippen molar-refractivity contribution in [3.05, 3.63) is 57.9 Å². The van der Waals surface area contributed by atoms with Gasteiger partial charge in [-0.1, -0.05) is 12.1 Å². The fourth-order valence-electron chi connectivity index (χ4n) is 1.67. The second-order valence-electron chi connectivity index (χ2n) is 4.34. The summed E-state index contributed by atoms with van der Waals surface area (Å²) in [7, 11) is 0. The van der Waals surface area contributed by atoms with Gasteiger partial charge in [-0.3, -0.25) is 4.79 Å². The van der Waals surface area contributed by atoms with Crippen molar-refractivity contribution in [1.29, 1.82) is 0 Å². The largest absolute Gasteiger partial charge is 0.374 e. The number of amides is 1. The van der Waals surface area contributed by atoms with Crippen molar-refractivity contribution >= 4 is 39.9 Å². The van der Waals surface area contributed by atoms with Crippen LogP contribution in [0.2, 0.25) is 0 Å². The number of carbonyl (C=O) groups is 1. The minimum atomic E-state index is -0.463. The maximum atomic E-state index is 13.4. The molecule has 2 aromatic rings. The third-order valence-corrected chi connectivity index (χ3v) is 3.47. The van der Waals surface area contributed by atoms with Crippen LogP contribution in [0.3, 0.4) is 0 Å². The van der Waals surface area contributed by atoms with E-state index in [0.29, 0.717) is 0 Å². The summed E-state index contributed by atoms with van der Waals surface area (Å²) >= 11 is 2.21. The van der Waals surface area contributed by atoms with Gasteiger partial charge in [-0.05, 0) is 65.9 Å². The summed E-state index contributed by atoms with van der Waals surface area (Å²) in [6, 6.07) is 13.3. The minimum Gasteiger partial charge on any atom is -0.374 e. The van der Waals surface area contributed by atoms with Crippen molar-refractivity contribution in [1.82, 2.24) is 0 Å². The van der Waals surface area contributed by atoms with Gasteiger partial charge in [0.1, 0.15) is 11.9 Å². The first-order chi connectivity index (χ1) is 9.56. The van der Waals surface area contributed by atoms with E-state index in [4.69, 9.17) is 0 Å². The molecule has 0 aliphatic heterocycles. The van der Waals surface area contributed by atoms with Gasteiger partial charge in [-0.15, -0.1) is 0 Å². The summed E-state index contributed by atoms with van der Waals surface area (Å²) < 4.78 is 14.6. The molecule has 0 aliphatic rings. The molecule has 1 atom stereocenters. The van der Waals surface area contributed by atoms with Gasteiger partial charge < -0.3 is 10.6 Å². The Morgan fingerprint density at radius 1 is 1.15 bits per heavy atom. The topological polar surface area (TPSA) is 41.1 Å². The number of hydrogen-bond donors (Lipinski definition) is 2. The Bertz CT molecular complexity index is 601. The molecular formula is C15H14FIN2O. The Morgan fingerprint density at radius 2 is 1.80 bits per heavy atom. The Morgan fingerprint density at radius 3 is 2.45 bits per heavy atom. The van der Waals surface area contributed by atoms with E-state index in [1.165, 1.54) is 12.1 Å². The molecule has 2 aromatic carbocycles. The van der Waals surface area contributed by atoms with Crippen molar-refractivity contribution in [2.24, 2.45) is 0 Å². The van der Waals surface area contributed by atoms with Crippen molar-refractivity contribution in [2.75, 3.05) is 10.6 Å². The van der Waals surface area contributed by atoms with Gasteiger partial charge in [0.05, 0.1) is 5.69 Å². The second kappa shape index (κ2) is 6.69. The van der Waals surface area contributed by atoms with Crippen LogP contribution in [-0.4, -0.2) is 11.9 Å². The molecule has 104 valence electrons. The quantitative estimate of drug-likeness (QED) is 0.786. The Labute approximate surface area is 130 Å². The van der Waals surface area contributed by atoms with Crippen molar-refractivity contribution in [2.45, 2.75) is 13.0 Å². The molecule has 5 heteroatoms. The van der Waals surface area contributed by atoms with Crippen LogP contribution in [0.1, 0.15) is 6.92 Å². The van der Waals surface area contributed by atoms with Crippen molar-refractivity contribution in [3.63, 3.8) is 0 Å². The van der Waals surface area contributed by atoms with Crippen LogP contribution in [0.4, 0.5) is 15.8 Å². The predicted octanol–water partition coefficient (Wildman–Crippen LogP) is 3.87. The van der Waals surface area contributed by atoms with Gasteiger partial charge in [-0.25, -0.2) is 4.39 Å². The number of para-hydroxylation sites is 1. The monoisotopic (exact) mass is 384 g/mol. The number of benzene rings is 2. The summed E-state index contributed by atoms with van der Waals surface area (Å²) in [5.74, 6) is -0.726. The molecule has 0 saturated carbocycles. The number of rotatable bonds is 4. The van der Waals surface area contributed by atoms with Crippen LogP contribution < -0.4 is 10.6 Å². The molecule has 3 nitrogen and oxygen atoms in total. The average Bonchev–Trinajstić information content (AvgIpc) is 2.44. The highest BCUT2D eigenvalue weighted by molar-refractivity contribution is 14.1. The van der Waals surface area contributed by atoms with Gasteiger partial charge >= 0.3 is 0 Å². The van der Waals surface area contributed by atoms with E-state index in [9.17, 15) is 9.18 Å². The number of carbonyl (C=O) groups excluding carboxylic acids is 1. The van der Waals surface area contributed by atoms with E-state index >= 15 is 0 Å². The van der Waals surface area contributed by atoms with Gasteiger partial charge in [0.2, 0.25) is 5.91 Å². The minimum absolute atomic E-state index is 0.189. The highest BCUT2D eigenvalue weighted by atomic mass is 127. The maximum Gasteiger partial charge on any atom is 0.246 e. The lowest BCUT2D eigenvalue weighted by Crippen LogP contribution is -2.32. The number of anilines is 2. The van der Waals surface area contributed by atoms with Gasteiger partial charge in [0, 0.05) is 9.26 Å². The molecule has 0 spiro atoms. The first kappa shape index (κ1) is 14.8. The van der Waals surface area contributed by atoms with E-state index in [1.807, 2.05) is 24.3 Å². The molecule has 2 rings (SSSR count). The van der Waals surface area contributed by atoms with E-state index in [0.717, 1.165) is 9.26 Å². The van der Waals surface area contributed by atoms with Crippen molar-refractivity contribution < 1.29 is 9.18 Å². The smallest absolute Gasteiger partial charge is 0.246 e.